The molecule has 0 fully saturated rings. The van der Waals surface area contributed by atoms with Gasteiger partial charge in [0.1, 0.15) is 10.6 Å². The van der Waals surface area contributed by atoms with E-state index in [0.717, 1.165) is 12.4 Å². The molecule has 2 rings (SSSR count). The molecule has 9 heteroatoms. The summed E-state index contributed by atoms with van der Waals surface area (Å²) >= 11 is 6.05. The number of nitrogens with two attached hydrogens (primary N) is 1. The van der Waals surface area contributed by atoms with Gasteiger partial charge in [0.15, 0.2) is 0 Å². The molecule has 0 saturated carbocycles. The Kier molecular flexibility index (Phi) is 4.61. The van der Waals surface area contributed by atoms with E-state index < -0.39 is 10.0 Å². The smallest absolute Gasteiger partial charge is 0.243 e. The van der Waals surface area contributed by atoms with Crippen molar-refractivity contribution in [2.75, 3.05) is 12.8 Å². The first kappa shape index (κ1) is 15.5. The summed E-state index contributed by atoms with van der Waals surface area (Å²) in [5, 5.41) is 0.408. The van der Waals surface area contributed by atoms with Crippen LogP contribution in [-0.4, -0.2) is 25.5 Å². The summed E-state index contributed by atoms with van der Waals surface area (Å²) in [6.45, 7) is -0.0183. The standard InChI is InChI=1S/C12H13ClN4O3S/c1-20-11-4-2-3-10(13)9(11)7-17-21(18,19)8-5-15-12(14)16-6-8/h2-6,17H,7H2,1H3,(H2,14,15,16). The number of anilines is 1. The van der Waals surface area contributed by atoms with Crippen molar-refractivity contribution in [1.29, 1.82) is 0 Å². The molecule has 1 heterocycles. The van der Waals surface area contributed by atoms with Crippen LogP contribution in [0.1, 0.15) is 5.56 Å². The van der Waals surface area contributed by atoms with Gasteiger partial charge in [-0.1, -0.05) is 17.7 Å². The maximum Gasteiger partial charge on any atom is 0.243 e. The van der Waals surface area contributed by atoms with E-state index in [-0.39, 0.29) is 17.4 Å². The summed E-state index contributed by atoms with van der Waals surface area (Å²) in [5.41, 5.74) is 5.86. The molecule has 0 saturated heterocycles. The van der Waals surface area contributed by atoms with E-state index in [0.29, 0.717) is 16.3 Å². The Morgan fingerprint density at radius 3 is 2.62 bits per heavy atom. The monoisotopic (exact) mass is 328 g/mol. The average molecular weight is 329 g/mol. The first-order valence-corrected chi connectivity index (χ1v) is 7.68. The maximum atomic E-state index is 12.1. The molecule has 0 radical (unpaired) electrons. The predicted octanol–water partition coefficient (Wildman–Crippen LogP) is 1.20. The van der Waals surface area contributed by atoms with Crippen molar-refractivity contribution in [2.24, 2.45) is 0 Å². The zero-order valence-electron chi connectivity index (χ0n) is 11.1. The van der Waals surface area contributed by atoms with Crippen molar-refractivity contribution >= 4 is 27.6 Å². The van der Waals surface area contributed by atoms with Gasteiger partial charge in [0, 0.05) is 17.1 Å². The fourth-order valence-corrected chi connectivity index (χ4v) is 2.73. The summed E-state index contributed by atoms with van der Waals surface area (Å²) in [6, 6.07) is 5.06. The van der Waals surface area contributed by atoms with Crippen molar-refractivity contribution in [1.82, 2.24) is 14.7 Å². The molecule has 2 aromatic rings. The lowest BCUT2D eigenvalue weighted by Gasteiger charge is -2.11. The third-order valence-electron chi connectivity index (χ3n) is 2.69. The van der Waals surface area contributed by atoms with Crippen LogP contribution in [0.4, 0.5) is 5.95 Å². The van der Waals surface area contributed by atoms with Crippen molar-refractivity contribution < 1.29 is 13.2 Å². The van der Waals surface area contributed by atoms with Gasteiger partial charge in [-0.3, -0.25) is 0 Å². The average Bonchev–Trinajstić information content (AvgIpc) is 2.46. The topological polar surface area (TPSA) is 107 Å². The summed E-state index contributed by atoms with van der Waals surface area (Å²) in [5.74, 6) is 0.500. The van der Waals surface area contributed by atoms with Crippen molar-refractivity contribution in [3.8, 4) is 5.75 Å². The van der Waals surface area contributed by atoms with Gasteiger partial charge in [0.25, 0.3) is 0 Å². The van der Waals surface area contributed by atoms with E-state index in [1.165, 1.54) is 7.11 Å². The van der Waals surface area contributed by atoms with Crippen molar-refractivity contribution in [3.63, 3.8) is 0 Å². The molecule has 0 amide bonds. The Balaban J connectivity index is 2.21. The summed E-state index contributed by atoms with van der Waals surface area (Å²) in [7, 11) is -2.28. The van der Waals surface area contributed by atoms with E-state index in [1.54, 1.807) is 18.2 Å². The number of nitrogens with zero attached hydrogens (tertiary/aromatic N) is 2. The number of nitrogen functional groups attached to an aromatic ring is 1. The number of nitrogens with one attached hydrogen (secondary N) is 1. The minimum Gasteiger partial charge on any atom is -0.496 e. The van der Waals surface area contributed by atoms with Gasteiger partial charge >= 0.3 is 0 Å². The van der Waals surface area contributed by atoms with Crippen LogP contribution in [-0.2, 0) is 16.6 Å². The number of aromatic nitrogens is 2. The molecule has 0 unspecified atom stereocenters. The maximum absolute atomic E-state index is 12.1. The van der Waals surface area contributed by atoms with Gasteiger partial charge in [-0.05, 0) is 12.1 Å². The second-order valence-corrected chi connectivity index (χ2v) is 6.20. The van der Waals surface area contributed by atoms with Gasteiger partial charge in [-0.2, -0.15) is 0 Å². The third-order valence-corrected chi connectivity index (χ3v) is 4.40. The van der Waals surface area contributed by atoms with Crippen LogP contribution >= 0.6 is 11.6 Å². The van der Waals surface area contributed by atoms with Crippen molar-refractivity contribution in [2.45, 2.75) is 11.4 Å². The van der Waals surface area contributed by atoms with Crippen LogP contribution in [0.15, 0.2) is 35.5 Å². The summed E-state index contributed by atoms with van der Waals surface area (Å²) in [4.78, 5) is 7.22. The number of hydrogen-bond donors (Lipinski definition) is 2. The Morgan fingerprint density at radius 1 is 1.33 bits per heavy atom. The van der Waals surface area contributed by atoms with Crippen LogP contribution in [0, 0.1) is 0 Å². The number of halogens is 1. The Morgan fingerprint density at radius 2 is 2.00 bits per heavy atom. The SMILES string of the molecule is COc1cccc(Cl)c1CNS(=O)(=O)c1cnc(N)nc1. The molecule has 0 aliphatic heterocycles. The Bertz CT molecular complexity index is 735. The highest BCUT2D eigenvalue weighted by molar-refractivity contribution is 7.89. The molecule has 0 aliphatic rings. The highest BCUT2D eigenvalue weighted by atomic mass is 35.5. The second kappa shape index (κ2) is 6.25. The molecule has 1 aromatic carbocycles. The molecule has 0 bridgehead atoms. The number of rotatable bonds is 5. The van der Waals surface area contributed by atoms with E-state index in [1.807, 2.05) is 0 Å². The van der Waals surface area contributed by atoms with Crippen molar-refractivity contribution in [3.05, 3.63) is 41.2 Å². The number of methoxy groups -OCH3 is 1. The molecule has 21 heavy (non-hydrogen) atoms. The largest absolute Gasteiger partial charge is 0.496 e. The lowest BCUT2D eigenvalue weighted by molar-refractivity contribution is 0.409. The van der Waals surface area contributed by atoms with Gasteiger partial charge in [0.05, 0.1) is 19.5 Å². The molecule has 1 aromatic heterocycles. The molecule has 112 valence electrons. The fourth-order valence-electron chi connectivity index (χ4n) is 1.62. The Hall–Kier alpha value is -1.90. The van der Waals surface area contributed by atoms with Crippen LogP contribution in [0.3, 0.4) is 0 Å². The van der Waals surface area contributed by atoms with E-state index in [2.05, 4.69) is 14.7 Å². The van der Waals surface area contributed by atoms with Crippen LogP contribution in [0.2, 0.25) is 5.02 Å². The summed E-state index contributed by atoms with van der Waals surface area (Å²) < 4.78 is 31.8. The number of ether oxygens (including phenoxy) is 1. The molecular formula is C12H13ClN4O3S. The molecule has 3 N–H and O–H groups in total. The molecule has 7 nitrogen and oxygen atoms in total. The number of benzene rings is 1. The first-order valence-electron chi connectivity index (χ1n) is 5.82. The molecule has 0 aliphatic carbocycles. The predicted molar refractivity (Wildman–Crippen MR) is 78.5 cm³/mol. The van der Waals surface area contributed by atoms with Crippen LogP contribution < -0.4 is 15.2 Å². The molecule has 0 atom stereocenters. The second-order valence-electron chi connectivity index (χ2n) is 4.02. The van der Waals surface area contributed by atoms with E-state index in [4.69, 9.17) is 22.1 Å². The van der Waals surface area contributed by atoms with Gasteiger partial charge < -0.3 is 10.5 Å². The number of hydrogen-bond acceptors (Lipinski definition) is 6. The first-order chi connectivity index (χ1) is 9.94. The fraction of sp³-hybridized carbons (Fsp3) is 0.167. The van der Waals surface area contributed by atoms with Crippen LogP contribution in [0.5, 0.6) is 5.75 Å². The zero-order chi connectivity index (χ0) is 15.5. The van der Waals surface area contributed by atoms with E-state index in [9.17, 15) is 8.42 Å². The highest BCUT2D eigenvalue weighted by Crippen LogP contribution is 2.26. The molecule has 0 spiro atoms. The third kappa shape index (κ3) is 3.60. The lowest BCUT2D eigenvalue weighted by Crippen LogP contribution is -2.24. The Labute approximate surface area is 127 Å². The van der Waals surface area contributed by atoms with Crippen LogP contribution in [0.25, 0.3) is 0 Å². The minimum absolute atomic E-state index is 0.00160. The highest BCUT2D eigenvalue weighted by Gasteiger charge is 2.17. The van der Waals surface area contributed by atoms with Gasteiger partial charge in [-0.25, -0.2) is 23.1 Å². The normalized spacial score (nSPS) is 11.3. The summed E-state index contributed by atoms with van der Waals surface area (Å²) in [6.07, 6.45) is 2.27. The molecular weight excluding hydrogens is 316 g/mol. The quantitative estimate of drug-likeness (QED) is 0.854. The van der Waals surface area contributed by atoms with E-state index >= 15 is 0 Å². The number of sulfonamides is 1. The minimum atomic E-state index is -3.76. The van der Waals surface area contributed by atoms with Gasteiger partial charge in [0.2, 0.25) is 16.0 Å². The van der Waals surface area contributed by atoms with Gasteiger partial charge in [-0.15, -0.1) is 0 Å². The zero-order valence-corrected chi connectivity index (χ0v) is 12.6. The lowest BCUT2D eigenvalue weighted by atomic mass is 10.2.